The van der Waals surface area contributed by atoms with E-state index in [0.717, 1.165) is 37.8 Å². The standard InChI is InChI=1S/C15H24N2O/c1-3-10-18-15-6-4-14(5-7-15)17-9-8-13(12-17)11-16-2/h4-7,13,16H,3,8-12H2,1-2H3. The number of hydrogen-bond donors (Lipinski definition) is 1. The Labute approximate surface area is 110 Å². The van der Waals surface area contributed by atoms with Crippen LogP contribution in [0.2, 0.25) is 0 Å². The number of benzene rings is 1. The molecule has 0 aliphatic carbocycles. The first kappa shape index (κ1) is 13.2. The zero-order valence-corrected chi connectivity index (χ0v) is 11.5. The molecule has 0 aromatic heterocycles. The van der Waals surface area contributed by atoms with Crippen LogP contribution in [0.1, 0.15) is 19.8 Å². The van der Waals surface area contributed by atoms with E-state index in [2.05, 4.69) is 41.4 Å². The van der Waals surface area contributed by atoms with Gasteiger partial charge in [-0.15, -0.1) is 0 Å². The second-order valence-corrected chi connectivity index (χ2v) is 5.00. The largest absolute Gasteiger partial charge is 0.494 e. The Kier molecular flexibility index (Phi) is 4.88. The molecule has 0 radical (unpaired) electrons. The lowest BCUT2D eigenvalue weighted by Crippen LogP contribution is -2.24. The maximum absolute atomic E-state index is 5.60. The summed E-state index contributed by atoms with van der Waals surface area (Å²) in [5.41, 5.74) is 1.32. The molecule has 1 aliphatic rings. The molecular weight excluding hydrogens is 224 g/mol. The Bertz CT molecular complexity index is 350. The van der Waals surface area contributed by atoms with E-state index in [1.807, 2.05) is 7.05 Å². The van der Waals surface area contributed by atoms with E-state index in [4.69, 9.17) is 4.74 Å². The fraction of sp³-hybridized carbons (Fsp3) is 0.600. The summed E-state index contributed by atoms with van der Waals surface area (Å²) in [5, 5.41) is 3.27. The van der Waals surface area contributed by atoms with E-state index in [1.165, 1.54) is 18.7 Å². The number of rotatable bonds is 6. The summed E-state index contributed by atoms with van der Waals surface area (Å²) in [6.07, 6.45) is 2.34. The van der Waals surface area contributed by atoms with Crippen LogP contribution in [0.25, 0.3) is 0 Å². The maximum Gasteiger partial charge on any atom is 0.119 e. The van der Waals surface area contributed by atoms with Crippen LogP contribution in [-0.4, -0.2) is 33.3 Å². The second kappa shape index (κ2) is 6.64. The van der Waals surface area contributed by atoms with Crippen LogP contribution < -0.4 is 15.0 Å². The Balaban J connectivity index is 1.90. The molecule has 1 aliphatic heterocycles. The van der Waals surface area contributed by atoms with Crippen molar-refractivity contribution in [2.45, 2.75) is 19.8 Å². The van der Waals surface area contributed by atoms with Crippen molar-refractivity contribution in [3.8, 4) is 5.75 Å². The van der Waals surface area contributed by atoms with E-state index < -0.39 is 0 Å². The molecule has 1 atom stereocenters. The van der Waals surface area contributed by atoms with Gasteiger partial charge in [-0.1, -0.05) is 6.92 Å². The van der Waals surface area contributed by atoms with Crippen molar-refractivity contribution < 1.29 is 4.74 Å². The summed E-state index contributed by atoms with van der Waals surface area (Å²) in [6.45, 7) is 6.37. The van der Waals surface area contributed by atoms with Crippen molar-refractivity contribution in [1.29, 1.82) is 0 Å². The van der Waals surface area contributed by atoms with Gasteiger partial charge in [0.2, 0.25) is 0 Å². The SMILES string of the molecule is CCCOc1ccc(N2CCC(CNC)C2)cc1. The lowest BCUT2D eigenvalue weighted by Gasteiger charge is -2.19. The molecule has 1 fully saturated rings. The quantitative estimate of drug-likeness (QED) is 0.837. The van der Waals surface area contributed by atoms with E-state index in [1.54, 1.807) is 0 Å². The van der Waals surface area contributed by atoms with E-state index in [-0.39, 0.29) is 0 Å². The van der Waals surface area contributed by atoms with Crippen molar-refractivity contribution in [2.75, 3.05) is 38.2 Å². The first-order valence-corrected chi connectivity index (χ1v) is 6.96. The molecule has 1 aromatic carbocycles. The molecule has 2 rings (SSSR count). The summed E-state index contributed by atoms with van der Waals surface area (Å²) in [7, 11) is 2.03. The van der Waals surface area contributed by atoms with Crippen LogP contribution in [-0.2, 0) is 0 Å². The highest BCUT2D eigenvalue weighted by molar-refractivity contribution is 5.49. The first-order valence-electron chi connectivity index (χ1n) is 6.96. The van der Waals surface area contributed by atoms with Crippen LogP contribution in [0.5, 0.6) is 5.75 Å². The van der Waals surface area contributed by atoms with Gasteiger partial charge in [-0.3, -0.25) is 0 Å². The molecule has 1 N–H and O–H groups in total. The maximum atomic E-state index is 5.60. The molecule has 0 saturated carbocycles. The third-order valence-electron chi connectivity index (χ3n) is 3.45. The minimum Gasteiger partial charge on any atom is -0.494 e. The first-order chi connectivity index (χ1) is 8.83. The average Bonchev–Trinajstić information content (AvgIpc) is 2.86. The summed E-state index contributed by atoms with van der Waals surface area (Å²) in [4.78, 5) is 2.46. The third kappa shape index (κ3) is 3.39. The van der Waals surface area contributed by atoms with Crippen molar-refractivity contribution in [1.82, 2.24) is 5.32 Å². The van der Waals surface area contributed by atoms with Gasteiger partial charge in [0.1, 0.15) is 5.75 Å². The summed E-state index contributed by atoms with van der Waals surface area (Å²) < 4.78 is 5.60. The van der Waals surface area contributed by atoms with Crippen LogP contribution >= 0.6 is 0 Å². The number of ether oxygens (including phenoxy) is 1. The van der Waals surface area contributed by atoms with Crippen molar-refractivity contribution >= 4 is 5.69 Å². The van der Waals surface area contributed by atoms with Crippen LogP contribution in [0.3, 0.4) is 0 Å². The number of nitrogens with one attached hydrogen (secondary N) is 1. The highest BCUT2D eigenvalue weighted by Gasteiger charge is 2.21. The Morgan fingerprint density at radius 2 is 2.11 bits per heavy atom. The predicted octanol–water partition coefficient (Wildman–Crippen LogP) is 2.52. The molecule has 1 heterocycles. The lowest BCUT2D eigenvalue weighted by atomic mass is 10.1. The normalized spacial score (nSPS) is 19.2. The molecule has 100 valence electrons. The Morgan fingerprint density at radius 1 is 1.33 bits per heavy atom. The number of hydrogen-bond acceptors (Lipinski definition) is 3. The van der Waals surface area contributed by atoms with E-state index in [0.29, 0.717) is 0 Å². The van der Waals surface area contributed by atoms with Gasteiger partial charge in [0.15, 0.2) is 0 Å². The summed E-state index contributed by atoms with van der Waals surface area (Å²) in [6, 6.07) is 8.51. The molecular formula is C15H24N2O. The smallest absolute Gasteiger partial charge is 0.119 e. The van der Waals surface area contributed by atoms with Gasteiger partial charge < -0.3 is 15.0 Å². The molecule has 1 unspecified atom stereocenters. The van der Waals surface area contributed by atoms with Crippen molar-refractivity contribution in [3.05, 3.63) is 24.3 Å². The topological polar surface area (TPSA) is 24.5 Å². The zero-order valence-electron chi connectivity index (χ0n) is 11.5. The number of anilines is 1. The highest BCUT2D eigenvalue weighted by Crippen LogP contribution is 2.25. The summed E-state index contributed by atoms with van der Waals surface area (Å²) >= 11 is 0. The molecule has 3 heteroatoms. The molecule has 18 heavy (non-hydrogen) atoms. The van der Waals surface area contributed by atoms with Gasteiger partial charge in [-0.2, -0.15) is 0 Å². The minimum atomic E-state index is 0.783. The Morgan fingerprint density at radius 3 is 2.78 bits per heavy atom. The van der Waals surface area contributed by atoms with Crippen LogP contribution in [0.15, 0.2) is 24.3 Å². The van der Waals surface area contributed by atoms with E-state index in [9.17, 15) is 0 Å². The third-order valence-corrected chi connectivity index (χ3v) is 3.45. The number of nitrogens with zero attached hydrogens (tertiary/aromatic N) is 1. The van der Waals surface area contributed by atoms with Gasteiger partial charge in [-0.05, 0) is 56.6 Å². The van der Waals surface area contributed by atoms with Gasteiger partial charge in [0, 0.05) is 18.8 Å². The van der Waals surface area contributed by atoms with Gasteiger partial charge in [0.05, 0.1) is 6.61 Å². The molecule has 0 amide bonds. The van der Waals surface area contributed by atoms with Gasteiger partial charge in [-0.25, -0.2) is 0 Å². The molecule has 1 aromatic rings. The fourth-order valence-corrected chi connectivity index (χ4v) is 2.50. The Hall–Kier alpha value is -1.22. The molecule has 1 saturated heterocycles. The minimum absolute atomic E-state index is 0.783. The summed E-state index contributed by atoms with van der Waals surface area (Å²) in [5.74, 6) is 1.76. The van der Waals surface area contributed by atoms with Crippen molar-refractivity contribution in [3.63, 3.8) is 0 Å². The van der Waals surface area contributed by atoms with Crippen molar-refractivity contribution in [2.24, 2.45) is 5.92 Å². The molecule has 0 spiro atoms. The van der Waals surface area contributed by atoms with Crippen LogP contribution in [0.4, 0.5) is 5.69 Å². The highest BCUT2D eigenvalue weighted by atomic mass is 16.5. The zero-order chi connectivity index (χ0) is 12.8. The average molecular weight is 248 g/mol. The molecule has 3 nitrogen and oxygen atoms in total. The monoisotopic (exact) mass is 248 g/mol. The predicted molar refractivity (Wildman–Crippen MR) is 76.5 cm³/mol. The van der Waals surface area contributed by atoms with E-state index >= 15 is 0 Å². The second-order valence-electron chi connectivity index (χ2n) is 5.00. The molecule has 0 bridgehead atoms. The van der Waals surface area contributed by atoms with Gasteiger partial charge >= 0.3 is 0 Å². The van der Waals surface area contributed by atoms with Crippen LogP contribution in [0, 0.1) is 5.92 Å². The van der Waals surface area contributed by atoms with Gasteiger partial charge in [0.25, 0.3) is 0 Å². The lowest BCUT2D eigenvalue weighted by molar-refractivity contribution is 0.317. The fourth-order valence-electron chi connectivity index (χ4n) is 2.50.